The van der Waals surface area contributed by atoms with Gasteiger partial charge in [-0.1, -0.05) is 6.92 Å². The zero-order valence-corrected chi connectivity index (χ0v) is 20.9. The van der Waals surface area contributed by atoms with Crippen LogP contribution in [0.1, 0.15) is 34.1 Å². The van der Waals surface area contributed by atoms with Crippen LogP contribution in [0.25, 0.3) is 0 Å². The van der Waals surface area contributed by atoms with Gasteiger partial charge < -0.3 is 15.0 Å². The summed E-state index contributed by atoms with van der Waals surface area (Å²) in [7, 11) is -2.32. The molecule has 2 aliphatic rings. The summed E-state index contributed by atoms with van der Waals surface area (Å²) in [4.78, 5) is 15.7. The lowest BCUT2D eigenvalue weighted by Gasteiger charge is -2.35. The Bertz CT molecular complexity index is 1160. The first kappa shape index (κ1) is 24.1. The van der Waals surface area contributed by atoms with Crippen LogP contribution < -0.4 is 5.32 Å². The van der Waals surface area contributed by atoms with Crippen LogP contribution in [0, 0.1) is 11.7 Å². The van der Waals surface area contributed by atoms with Crippen molar-refractivity contribution in [1.82, 2.24) is 9.21 Å². The Morgan fingerprint density at radius 2 is 1.88 bits per heavy atom. The van der Waals surface area contributed by atoms with Crippen molar-refractivity contribution >= 4 is 49.7 Å². The van der Waals surface area contributed by atoms with Crippen molar-refractivity contribution in [1.29, 1.82) is 0 Å². The SMILES string of the molecule is COC(=O)c1c(NC(=S)N2CCN(S(=O)(=O)c3ccc(F)cc3)CC2)sc2c1CCC(C)C2. The van der Waals surface area contributed by atoms with Crippen molar-refractivity contribution in [3.8, 4) is 0 Å². The fourth-order valence-corrected chi connectivity index (χ4v) is 7.39. The maximum atomic E-state index is 13.2. The molecule has 0 bridgehead atoms. The lowest BCUT2D eigenvalue weighted by molar-refractivity contribution is 0.0600. The van der Waals surface area contributed by atoms with E-state index in [0.717, 1.165) is 37.0 Å². The second-order valence-corrected chi connectivity index (χ2v) is 11.8. The van der Waals surface area contributed by atoms with Crippen LogP contribution in [0.2, 0.25) is 0 Å². The zero-order chi connectivity index (χ0) is 23.8. The summed E-state index contributed by atoms with van der Waals surface area (Å²) in [5.74, 6) is -0.286. The number of rotatable bonds is 4. The fraction of sp³-hybridized carbons (Fsp3) is 0.455. The molecule has 1 atom stereocenters. The van der Waals surface area contributed by atoms with Crippen LogP contribution in [0.3, 0.4) is 0 Å². The molecule has 1 aromatic carbocycles. The van der Waals surface area contributed by atoms with Gasteiger partial charge in [0.15, 0.2) is 5.11 Å². The number of hydrogen-bond donors (Lipinski definition) is 1. The number of esters is 1. The average Bonchev–Trinajstić information content (AvgIpc) is 3.15. The number of piperazine rings is 1. The number of thiophene rings is 1. The Morgan fingerprint density at radius 1 is 1.21 bits per heavy atom. The highest BCUT2D eigenvalue weighted by molar-refractivity contribution is 7.89. The Kier molecular flexibility index (Phi) is 7.04. The molecule has 1 unspecified atom stereocenters. The number of halogens is 1. The van der Waals surface area contributed by atoms with Crippen molar-refractivity contribution in [2.45, 2.75) is 31.1 Å². The highest BCUT2D eigenvalue weighted by atomic mass is 32.2. The average molecular weight is 512 g/mol. The highest BCUT2D eigenvalue weighted by Gasteiger charge is 2.31. The molecular weight excluding hydrogens is 485 g/mol. The van der Waals surface area contributed by atoms with Gasteiger partial charge in [0.05, 0.1) is 17.6 Å². The lowest BCUT2D eigenvalue weighted by atomic mass is 9.88. The Labute approximate surface area is 202 Å². The van der Waals surface area contributed by atoms with E-state index in [4.69, 9.17) is 17.0 Å². The van der Waals surface area contributed by atoms with E-state index < -0.39 is 15.8 Å². The fourth-order valence-electron chi connectivity index (χ4n) is 4.22. The monoisotopic (exact) mass is 511 g/mol. The van der Waals surface area contributed by atoms with E-state index in [0.29, 0.717) is 34.7 Å². The molecule has 4 rings (SSSR count). The smallest absolute Gasteiger partial charge is 0.341 e. The molecule has 33 heavy (non-hydrogen) atoms. The summed E-state index contributed by atoms with van der Waals surface area (Å²) >= 11 is 7.14. The number of nitrogens with one attached hydrogen (secondary N) is 1. The first-order valence-electron chi connectivity index (χ1n) is 10.7. The van der Waals surface area contributed by atoms with Gasteiger partial charge in [-0.15, -0.1) is 11.3 Å². The number of nitrogens with zero attached hydrogens (tertiary/aromatic N) is 2. The van der Waals surface area contributed by atoms with Crippen molar-refractivity contribution in [2.75, 3.05) is 38.6 Å². The maximum Gasteiger partial charge on any atom is 0.341 e. The number of carbonyl (C=O) groups excluding carboxylic acids is 1. The minimum absolute atomic E-state index is 0.0687. The number of ether oxygens (including phenoxy) is 1. The Balaban J connectivity index is 1.45. The van der Waals surface area contributed by atoms with Crippen molar-refractivity contribution in [3.63, 3.8) is 0 Å². The summed E-state index contributed by atoms with van der Waals surface area (Å²) < 4.78 is 45.3. The second kappa shape index (κ2) is 9.65. The molecule has 0 amide bonds. The van der Waals surface area contributed by atoms with Crippen LogP contribution in [0.4, 0.5) is 9.39 Å². The predicted octanol–water partition coefficient (Wildman–Crippen LogP) is 3.50. The number of thiocarbonyl (C=S) groups is 1. The van der Waals surface area contributed by atoms with Crippen LogP contribution in [0.15, 0.2) is 29.2 Å². The predicted molar refractivity (Wildman–Crippen MR) is 130 cm³/mol. The van der Waals surface area contributed by atoms with E-state index in [9.17, 15) is 17.6 Å². The molecule has 0 radical (unpaired) electrons. The number of hydrogen-bond acceptors (Lipinski definition) is 6. The van der Waals surface area contributed by atoms with Gasteiger partial charge in [0.2, 0.25) is 10.0 Å². The molecule has 11 heteroatoms. The topological polar surface area (TPSA) is 79.0 Å². The number of benzene rings is 1. The quantitative estimate of drug-likeness (QED) is 0.497. The molecule has 1 saturated heterocycles. The highest BCUT2D eigenvalue weighted by Crippen LogP contribution is 2.40. The number of carbonyl (C=O) groups is 1. The first-order valence-corrected chi connectivity index (χ1v) is 13.4. The third kappa shape index (κ3) is 4.91. The van der Waals surface area contributed by atoms with Crippen LogP contribution in [0.5, 0.6) is 0 Å². The third-order valence-corrected chi connectivity index (χ3v) is 9.54. The molecule has 1 aromatic heterocycles. The Hall–Kier alpha value is -2.08. The van der Waals surface area contributed by atoms with Gasteiger partial charge in [-0.05, 0) is 67.2 Å². The van der Waals surface area contributed by atoms with Crippen molar-refractivity contribution < 1.29 is 22.3 Å². The van der Waals surface area contributed by atoms with Crippen molar-refractivity contribution in [3.05, 3.63) is 46.1 Å². The van der Waals surface area contributed by atoms with Crippen LogP contribution in [-0.4, -0.2) is 62.0 Å². The molecule has 0 spiro atoms. The lowest BCUT2D eigenvalue weighted by Crippen LogP contribution is -2.51. The van der Waals surface area contributed by atoms with Crippen LogP contribution >= 0.6 is 23.6 Å². The van der Waals surface area contributed by atoms with Crippen LogP contribution in [-0.2, 0) is 27.6 Å². The molecule has 1 fully saturated rings. The molecule has 1 aliphatic carbocycles. The largest absolute Gasteiger partial charge is 0.465 e. The van der Waals surface area contributed by atoms with Gasteiger partial charge in [0.1, 0.15) is 10.8 Å². The zero-order valence-electron chi connectivity index (χ0n) is 18.5. The molecule has 0 saturated carbocycles. The van der Waals surface area contributed by atoms with E-state index in [2.05, 4.69) is 12.2 Å². The van der Waals surface area contributed by atoms with Gasteiger partial charge in [0.25, 0.3) is 0 Å². The summed E-state index contributed by atoms with van der Waals surface area (Å²) in [6.45, 7) is 3.52. The van der Waals surface area contributed by atoms with E-state index in [1.165, 1.54) is 28.4 Å². The molecular formula is C22H26FN3O4S3. The van der Waals surface area contributed by atoms with Gasteiger partial charge in [-0.2, -0.15) is 4.31 Å². The normalized spacial score (nSPS) is 19.1. The minimum Gasteiger partial charge on any atom is -0.465 e. The van der Waals surface area contributed by atoms with Gasteiger partial charge >= 0.3 is 5.97 Å². The summed E-state index contributed by atoms with van der Waals surface area (Å²) in [6.07, 6.45) is 2.80. The van der Waals surface area contributed by atoms with Gasteiger partial charge in [0, 0.05) is 31.1 Å². The van der Waals surface area contributed by atoms with E-state index >= 15 is 0 Å². The van der Waals surface area contributed by atoms with E-state index in [1.54, 1.807) is 11.3 Å². The molecule has 7 nitrogen and oxygen atoms in total. The summed E-state index contributed by atoms with van der Waals surface area (Å²) in [6, 6.07) is 4.83. The molecule has 2 aromatic rings. The third-order valence-electron chi connectivity index (χ3n) is 6.10. The van der Waals surface area contributed by atoms with Crippen molar-refractivity contribution in [2.24, 2.45) is 5.92 Å². The summed E-state index contributed by atoms with van der Waals surface area (Å²) in [5, 5.41) is 4.36. The number of fused-ring (bicyclic) bond motifs is 1. The number of anilines is 1. The second-order valence-electron chi connectivity index (χ2n) is 8.32. The molecule has 2 heterocycles. The molecule has 178 valence electrons. The molecule has 1 aliphatic heterocycles. The standard InChI is InChI=1S/C22H26FN3O4S3/c1-14-3-8-17-18(13-14)32-20(19(17)21(27)30-2)24-22(31)25-9-11-26(12-10-25)33(28,29)16-6-4-15(23)5-7-16/h4-7,14H,3,8-13H2,1-2H3,(H,24,31). The molecule has 1 N–H and O–H groups in total. The Morgan fingerprint density at radius 3 is 2.52 bits per heavy atom. The van der Waals surface area contributed by atoms with Gasteiger partial charge in [-0.25, -0.2) is 17.6 Å². The van der Waals surface area contributed by atoms with E-state index in [1.807, 2.05) is 4.90 Å². The minimum atomic E-state index is -3.70. The van der Waals surface area contributed by atoms with Gasteiger partial charge in [-0.3, -0.25) is 0 Å². The number of methoxy groups -OCH3 is 1. The number of sulfonamides is 1. The first-order chi connectivity index (χ1) is 15.7. The maximum absolute atomic E-state index is 13.2. The van der Waals surface area contributed by atoms with E-state index in [-0.39, 0.29) is 24.0 Å². The summed E-state index contributed by atoms with van der Waals surface area (Å²) in [5.41, 5.74) is 1.61.